The summed E-state index contributed by atoms with van der Waals surface area (Å²) in [7, 11) is -4.04. The molecule has 2 heterocycles. The molecule has 3 rings (SSSR count). The second kappa shape index (κ2) is 7.95. The van der Waals surface area contributed by atoms with Gasteiger partial charge in [-0.25, -0.2) is 8.42 Å². The van der Waals surface area contributed by atoms with Gasteiger partial charge < -0.3 is 14.4 Å². The lowest BCUT2D eigenvalue weighted by atomic mass is 10.1. The maximum atomic E-state index is 12.9. The van der Waals surface area contributed by atoms with E-state index < -0.39 is 22.0 Å². The predicted octanol–water partition coefficient (Wildman–Crippen LogP) is 2.12. The number of nitrogens with zero attached hydrogens (tertiary/aromatic N) is 2. The van der Waals surface area contributed by atoms with Crippen LogP contribution in [0.4, 0.5) is 5.82 Å². The lowest BCUT2D eigenvalue weighted by Gasteiger charge is -2.18. The molecule has 10 heteroatoms. The van der Waals surface area contributed by atoms with Gasteiger partial charge >= 0.3 is 0 Å². The monoisotopic (exact) mass is 404 g/mol. The Morgan fingerprint density at radius 3 is 2.39 bits per heavy atom. The molecule has 0 bridgehead atoms. The van der Waals surface area contributed by atoms with E-state index in [1.54, 1.807) is 13.0 Å². The Morgan fingerprint density at radius 2 is 1.82 bits per heavy atom. The van der Waals surface area contributed by atoms with Crippen LogP contribution in [0, 0.1) is 20.8 Å². The van der Waals surface area contributed by atoms with Crippen molar-refractivity contribution < 1.29 is 22.3 Å². The Balaban J connectivity index is 1.88. The summed E-state index contributed by atoms with van der Waals surface area (Å²) in [4.78, 5) is 12.7. The number of aromatic nitrogens is 2. The van der Waals surface area contributed by atoms with Crippen molar-refractivity contribution in [2.75, 3.05) is 5.32 Å². The van der Waals surface area contributed by atoms with E-state index in [0.29, 0.717) is 5.76 Å². The quantitative estimate of drug-likeness (QED) is 0.617. The molecule has 3 aromatic rings. The molecular formula is C18H20N4O5S. The molecule has 0 aliphatic heterocycles. The lowest BCUT2D eigenvalue weighted by Crippen LogP contribution is -2.45. The number of amides is 1. The third kappa shape index (κ3) is 4.46. The number of carbonyl (C=O) groups excluding carboxylic acids is 1. The molecule has 0 aliphatic rings. The van der Waals surface area contributed by atoms with Crippen LogP contribution < -0.4 is 10.0 Å². The lowest BCUT2D eigenvalue weighted by molar-refractivity contribution is -0.117. The van der Waals surface area contributed by atoms with Gasteiger partial charge in [-0.1, -0.05) is 40.6 Å². The van der Waals surface area contributed by atoms with E-state index in [9.17, 15) is 13.2 Å². The van der Waals surface area contributed by atoms with Crippen LogP contribution in [0.1, 0.15) is 22.8 Å². The fraction of sp³-hybridized carbons (Fsp3) is 0.278. The first kappa shape index (κ1) is 19.8. The van der Waals surface area contributed by atoms with Crippen LogP contribution in [0.2, 0.25) is 0 Å². The topological polar surface area (TPSA) is 127 Å². The number of rotatable bonds is 7. The summed E-state index contributed by atoms with van der Waals surface area (Å²) in [5.74, 6) is 0.312. The molecule has 148 valence electrons. The number of hydrogen-bond donors (Lipinski definition) is 2. The van der Waals surface area contributed by atoms with Crippen LogP contribution in [0.5, 0.6) is 0 Å². The van der Waals surface area contributed by atoms with Crippen LogP contribution in [0.15, 0.2) is 50.3 Å². The van der Waals surface area contributed by atoms with Crippen molar-refractivity contribution in [2.24, 2.45) is 0 Å². The Kier molecular flexibility index (Phi) is 5.61. The molecule has 0 saturated carbocycles. The minimum absolute atomic E-state index is 0.0735. The van der Waals surface area contributed by atoms with Crippen LogP contribution >= 0.6 is 0 Å². The molecule has 9 nitrogen and oxygen atoms in total. The van der Waals surface area contributed by atoms with Crippen LogP contribution in [-0.4, -0.2) is 30.7 Å². The van der Waals surface area contributed by atoms with Crippen LogP contribution in [0.3, 0.4) is 0 Å². The summed E-state index contributed by atoms with van der Waals surface area (Å²) in [6.45, 7) is 4.71. The molecule has 1 unspecified atom stereocenters. The third-order valence-electron chi connectivity index (χ3n) is 4.01. The van der Waals surface area contributed by atoms with Gasteiger partial charge in [-0.15, -0.1) is 0 Å². The molecule has 0 aliphatic carbocycles. The Bertz CT molecular complexity index is 1050. The molecule has 2 N–H and O–H groups in total. The maximum Gasteiger partial charge on any atom is 0.246 e. The van der Waals surface area contributed by atoms with Crippen LogP contribution in [-0.2, 0) is 21.2 Å². The first-order valence-corrected chi connectivity index (χ1v) is 9.98. The zero-order valence-electron chi connectivity index (χ0n) is 15.6. The fourth-order valence-electron chi connectivity index (χ4n) is 2.78. The Labute approximate surface area is 162 Å². The van der Waals surface area contributed by atoms with E-state index >= 15 is 0 Å². The minimum Gasteiger partial charge on any atom is -0.360 e. The number of nitrogens with one attached hydrogen (secondary N) is 2. The first-order valence-electron chi connectivity index (χ1n) is 8.49. The van der Waals surface area contributed by atoms with E-state index in [4.69, 9.17) is 9.05 Å². The van der Waals surface area contributed by atoms with Gasteiger partial charge in [0.1, 0.15) is 22.4 Å². The standard InChI is InChI=1S/C18H20N4O5S/c1-11-9-16(21-26-11)19-18(23)15(10-14-7-5-4-6-8-14)22-28(24,25)17-12(2)20-27-13(17)3/h4-9,15,22H,10H2,1-3H3,(H,19,21,23). The van der Waals surface area contributed by atoms with E-state index in [0.717, 1.165) is 5.56 Å². The van der Waals surface area contributed by atoms with E-state index in [-0.39, 0.29) is 28.6 Å². The number of benzene rings is 1. The third-order valence-corrected chi connectivity index (χ3v) is 5.73. The van der Waals surface area contributed by atoms with Gasteiger partial charge in [0.15, 0.2) is 11.6 Å². The average Bonchev–Trinajstić information content (AvgIpc) is 3.20. The van der Waals surface area contributed by atoms with Gasteiger partial charge in [0.2, 0.25) is 15.9 Å². The summed E-state index contributed by atoms with van der Waals surface area (Å²) in [5.41, 5.74) is 1.01. The minimum atomic E-state index is -4.04. The van der Waals surface area contributed by atoms with Crippen molar-refractivity contribution in [3.05, 3.63) is 59.2 Å². The summed E-state index contributed by atoms with van der Waals surface area (Å²) in [5, 5.41) is 9.95. The molecule has 28 heavy (non-hydrogen) atoms. The molecule has 0 radical (unpaired) electrons. The summed E-state index contributed by atoms with van der Waals surface area (Å²) in [6, 6.07) is 9.54. The molecule has 2 aromatic heterocycles. The SMILES string of the molecule is Cc1cc(NC(=O)C(Cc2ccccc2)NS(=O)(=O)c2c(C)noc2C)no1. The van der Waals surface area contributed by atoms with Gasteiger partial charge in [-0.3, -0.25) is 4.79 Å². The number of aryl methyl sites for hydroxylation is 3. The van der Waals surface area contributed by atoms with E-state index in [1.165, 1.54) is 13.8 Å². The highest BCUT2D eigenvalue weighted by Crippen LogP contribution is 2.20. The zero-order valence-corrected chi connectivity index (χ0v) is 16.4. The summed E-state index contributed by atoms with van der Waals surface area (Å²) in [6.07, 6.45) is 0.145. The second-order valence-corrected chi connectivity index (χ2v) is 7.98. The van der Waals surface area contributed by atoms with E-state index in [2.05, 4.69) is 20.4 Å². The van der Waals surface area contributed by atoms with Crippen molar-refractivity contribution in [1.82, 2.24) is 15.0 Å². The molecule has 1 atom stereocenters. The van der Waals surface area contributed by atoms with Crippen molar-refractivity contribution in [2.45, 2.75) is 38.1 Å². The largest absolute Gasteiger partial charge is 0.360 e. The Hall–Kier alpha value is -2.98. The van der Waals surface area contributed by atoms with Gasteiger partial charge in [0.05, 0.1) is 0 Å². The molecule has 0 saturated heterocycles. The van der Waals surface area contributed by atoms with Crippen molar-refractivity contribution in [3.63, 3.8) is 0 Å². The smallest absolute Gasteiger partial charge is 0.246 e. The van der Waals surface area contributed by atoms with Crippen molar-refractivity contribution in [3.8, 4) is 0 Å². The molecular weight excluding hydrogens is 384 g/mol. The predicted molar refractivity (Wildman–Crippen MR) is 100 cm³/mol. The van der Waals surface area contributed by atoms with Gasteiger partial charge in [-0.05, 0) is 32.8 Å². The van der Waals surface area contributed by atoms with Crippen molar-refractivity contribution >= 4 is 21.7 Å². The number of hydrogen-bond acceptors (Lipinski definition) is 7. The normalized spacial score (nSPS) is 12.7. The molecule has 1 amide bonds. The zero-order chi connectivity index (χ0) is 20.3. The van der Waals surface area contributed by atoms with Crippen LogP contribution in [0.25, 0.3) is 0 Å². The number of carbonyl (C=O) groups is 1. The summed E-state index contributed by atoms with van der Waals surface area (Å²) >= 11 is 0. The second-order valence-electron chi connectivity index (χ2n) is 6.33. The highest BCUT2D eigenvalue weighted by atomic mass is 32.2. The molecule has 0 fully saturated rings. The molecule has 0 spiro atoms. The molecule has 1 aromatic carbocycles. The fourth-order valence-corrected chi connectivity index (χ4v) is 4.31. The summed E-state index contributed by atoms with van der Waals surface area (Å²) < 4.78 is 38.1. The van der Waals surface area contributed by atoms with Gasteiger partial charge in [-0.2, -0.15) is 4.72 Å². The van der Waals surface area contributed by atoms with Gasteiger partial charge in [0.25, 0.3) is 0 Å². The van der Waals surface area contributed by atoms with Crippen molar-refractivity contribution in [1.29, 1.82) is 0 Å². The highest BCUT2D eigenvalue weighted by molar-refractivity contribution is 7.89. The number of sulfonamides is 1. The maximum absolute atomic E-state index is 12.9. The highest BCUT2D eigenvalue weighted by Gasteiger charge is 2.31. The van der Waals surface area contributed by atoms with E-state index in [1.807, 2.05) is 30.3 Å². The first-order chi connectivity index (χ1) is 13.3. The average molecular weight is 404 g/mol. The Morgan fingerprint density at radius 1 is 1.11 bits per heavy atom. The number of anilines is 1. The van der Waals surface area contributed by atoms with Gasteiger partial charge in [0, 0.05) is 6.07 Å².